The van der Waals surface area contributed by atoms with E-state index in [9.17, 15) is 4.79 Å². The largest absolute Gasteiger partial charge is 0.477 e. The van der Waals surface area contributed by atoms with Gasteiger partial charge in [0.15, 0.2) is 0 Å². The van der Waals surface area contributed by atoms with Gasteiger partial charge in [-0.25, -0.2) is 9.78 Å². The summed E-state index contributed by atoms with van der Waals surface area (Å²) in [4.78, 5) is 25.8. The van der Waals surface area contributed by atoms with E-state index >= 15 is 0 Å². The highest BCUT2D eigenvalue weighted by molar-refractivity contribution is 5.92. The van der Waals surface area contributed by atoms with E-state index in [1.165, 1.54) is 0 Å². The number of fused-ring (bicyclic) bond motifs is 2. The van der Waals surface area contributed by atoms with Gasteiger partial charge in [0.1, 0.15) is 0 Å². The Morgan fingerprint density at radius 2 is 2.00 bits per heavy atom. The van der Waals surface area contributed by atoms with Gasteiger partial charge in [0.2, 0.25) is 5.88 Å². The number of pyridine rings is 3. The first-order valence-electron chi connectivity index (χ1n) is 10.1. The van der Waals surface area contributed by atoms with Crippen molar-refractivity contribution in [3.8, 4) is 5.88 Å². The second kappa shape index (κ2) is 7.65. The van der Waals surface area contributed by atoms with E-state index < -0.39 is 5.54 Å². The number of carbonyl (C=O) groups is 1. The number of rotatable bonds is 5. The third-order valence-electron chi connectivity index (χ3n) is 5.26. The number of aromatic nitrogens is 3. The van der Waals surface area contributed by atoms with E-state index in [2.05, 4.69) is 9.97 Å². The van der Waals surface area contributed by atoms with Crippen LogP contribution in [0.3, 0.4) is 0 Å². The van der Waals surface area contributed by atoms with Gasteiger partial charge in [0, 0.05) is 41.7 Å². The predicted octanol–water partition coefficient (Wildman–Crippen LogP) is 3.48. The molecule has 1 aliphatic rings. The lowest BCUT2D eigenvalue weighted by Gasteiger charge is -2.22. The van der Waals surface area contributed by atoms with E-state index in [0.29, 0.717) is 31.1 Å². The van der Waals surface area contributed by atoms with Gasteiger partial charge in [-0.15, -0.1) is 0 Å². The van der Waals surface area contributed by atoms with Crippen molar-refractivity contribution in [2.75, 3.05) is 13.2 Å². The monoisotopic (exact) mass is 406 g/mol. The van der Waals surface area contributed by atoms with E-state index in [0.717, 1.165) is 33.4 Å². The van der Waals surface area contributed by atoms with Gasteiger partial charge in [0.25, 0.3) is 0 Å². The molecule has 30 heavy (non-hydrogen) atoms. The van der Waals surface area contributed by atoms with Crippen molar-refractivity contribution in [3.63, 3.8) is 0 Å². The Hall–Kier alpha value is -3.06. The molecule has 1 aliphatic heterocycles. The van der Waals surface area contributed by atoms with E-state index in [1.54, 1.807) is 18.5 Å². The molecule has 7 nitrogen and oxygen atoms in total. The molecule has 0 unspecified atom stereocenters. The number of hydrogen-bond donors (Lipinski definition) is 1. The lowest BCUT2D eigenvalue weighted by atomic mass is 9.92. The molecule has 4 rings (SSSR count). The molecule has 0 saturated carbocycles. The fraction of sp³-hybridized carbons (Fsp3) is 0.391. The molecule has 1 atom stereocenters. The number of ether oxygens (including phenoxy) is 2. The van der Waals surface area contributed by atoms with Gasteiger partial charge in [-0.05, 0) is 49.9 Å². The fourth-order valence-electron chi connectivity index (χ4n) is 3.72. The van der Waals surface area contributed by atoms with E-state index in [1.807, 2.05) is 39.8 Å². The third-order valence-corrected chi connectivity index (χ3v) is 5.26. The van der Waals surface area contributed by atoms with Crippen molar-refractivity contribution < 1.29 is 14.3 Å². The van der Waals surface area contributed by atoms with Crippen LogP contribution in [0.2, 0.25) is 0 Å². The van der Waals surface area contributed by atoms with Crippen molar-refractivity contribution in [2.24, 2.45) is 5.73 Å². The Labute approximate surface area is 175 Å². The number of nitrogens with two attached hydrogens (primary N) is 1. The molecule has 0 amide bonds. The molecular formula is C23H26N4O3. The predicted molar refractivity (Wildman–Crippen MR) is 114 cm³/mol. The zero-order chi connectivity index (χ0) is 21.5. The van der Waals surface area contributed by atoms with Gasteiger partial charge in [-0.1, -0.05) is 6.92 Å². The minimum absolute atomic E-state index is 0.0756. The molecule has 3 aromatic heterocycles. The Morgan fingerprint density at radius 3 is 2.73 bits per heavy atom. The van der Waals surface area contributed by atoms with Crippen molar-refractivity contribution in [2.45, 2.75) is 45.6 Å². The van der Waals surface area contributed by atoms with Crippen LogP contribution in [-0.4, -0.2) is 34.1 Å². The van der Waals surface area contributed by atoms with Crippen molar-refractivity contribution in [1.82, 2.24) is 15.0 Å². The van der Waals surface area contributed by atoms with Gasteiger partial charge >= 0.3 is 5.97 Å². The molecular weight excluding hydrogens is 380 g/mol. The van der Waals surface area contributed by atoms with Crippen molar-refractivity contribution >= 4 is 16.7 Å². The van der Waals surface area contributed by atoms with Gasteiger partial charge < -0.3 is 15.2 Å². The number of nitrogens with zero attached hydrogens (tertiary/aromatic N) is 3. The van der Waals surface area contributed by atoms with Crippen molar-refractivity contribution in [3.05, 3.63) is 58.8 Å². The second-order valence-electron chi connectivity index (χ2n) is 8.26. The highest BCUT2D eigenvalue weighted by Crippen LogP contribution is 2.32. The van der Waals surface area contributed by atoms with Gasteiger partial charge in [-0.2, -0.15) is 0 Å². The number of cyclic esters (lactones) is 1. The molecule has 0 radical (unpaired) electrons. The fourth-order valence-corrected chi connectivity index (χ4v) is 3.72. The van der Waals surface area contributed by atoms with Crippen LogP contribution in [0.1, 0.15) is 66.6 Å². The summed E-state index contributed by atoms with van der Waals surface area (Å²) in [5.41, 5.74) is 9.82. The van der Waals surface area contributed by atoms with E-state index in [4.69, 9.17) is 20.2 Å². The lowest BCUT2D eigenvalue weighted by molar-refractivity contribution is 0.0444. The summed E-state index contributed by atoms with van der Waals surface area (Å²) < 4.78 is 10.9. The summed E-state index contributed by atoms with van der Waals surface area (Å²) in [5.74, 6) is 0.322. The summed E-state index contributed by atoms with van der Waals surface area (Å²) in [7, 11) is 0. The van der Waals surface area contributed by atoms with Crippen LogP contribution in [0, 0.1) is 0 Å². The highest BCUT2D eigenvalue weighted by atomic mass is 16.5. The molecule has 3 aromatic rings. The summed E-state index contributed by atoms with van der Waals surface area (Å²) in [6.07, 6.45) is 4.11. The first-order valence-corrected chi connectivity index (χ1v) is 10.1. The van der Waals surface area contributed by atoms with Gasteiger partial charge in [-0.3, -0.25) is 9.97 Å². The molecule has 0 aliphatic carbocycles. The Kier molecular flexibility index (Phi) is 5.15. The second-order valence-corrected chi connectivity index (χ2v) is 8.26. The van der Waals surface area contributed by atoms with Crippen LogP contribution < -0.4 is 10.5 Å². The van der Waals surface area contributed by atoms with Crippen molar-refractivity contribution in [1.29, 1.82) is 0 Å². The quantitative estimate of drug-likeness (QED) is 0.647. The molecule has 0 fully saturated rings. The topological polar surface area (TPSA) is 100 Å². The molecule has 4 heterocycles. The average molecular weight is 406 g/mol. The minimum Gasteiger partial charge on any atom is -0.477 e. The maximum Gasteiger partial charge on any atom is 0.340 e. The first-order chi connectivity index (χ1) is 14.3. The van der Waals surface area contributed by atoms with Crippen LogP contribution in [0.4, 0.5) is 0 Å². The van der Waals surface area contributed by atoms with Crippen LogP contribution in [0.25, 0.3) is 10.8 Å². The van der Waals surface area contributed by atoms with Crippen LogP contribution in [0.15, 0.2) is 30.6 Å². The molecule has 156 valence electrons. The number of esters is 1. The normalized spacial score (nSPS) is 16.3. The highest BCUT2D eigenvalue weighted by Gasteiger charge is 2.26. The standard InChI is InChI=1S/C23H26N4O3/c1-5-29-21-18-10-25-15(9-17(18)19(11-26-21)23(3,4)24)8-14-6-7-16-20(27-14)13(2)12-30-22(16)28/h6-7,9-11,13H,5,8,12,24H2,1-4H3/t13-/m1/s1. The first kappa shape index (κ1) is 20.2. The Balaban J connectivity index is 1.75. The molecule has 7 heteroatoms. The molecule has 2 N–H and O–H groups in total. The molecule has 0 spiro atoms. The average Bonchev–Trinajstić information content (AvgIpc) is 2.70. The lowest BCUT2D eigenvalue weighted by Crippen LogP contribution is -2.29. The zero-order valence-corrected chi connectivity index (χ0v) is 17.7. The SMILES string of the molecule is CCOc1ncc(C(C)(C)N)c2cc(Cc3ccc4c(n3)[C@H](C)COC4=O)ncc12. The summed E-state index contributed by atoms with van der Waals surface area (Å²) in [6.45, 7) is 8.72. The maximum absolute atomic E-state index is 12.0. The van der Waals surface area contributed by atoms with Gasteiger partial charge in [0.05, 0.1) is 29.9 Å². The summed E-state index contributed by atoms with van der Waals surface area (Å²) >= 11 is 0. The number of hydrogen-bond acceptors (Lipinski definition) is 7. The molecule has 0 aromatic carbocycles. The summed E-state index contributed by atoms with van der Waals surface area (Å²) in [5, 5.41) is 1.81. The number of carbonyl (C=O) groups excluding carboxylic acids is 1. The third kappa shape index (κ3) is 3.73. The smallest absolute Gasteiger partial charge is 0.340 e. The van der Waals surface area contributed by atoms with E-state index in [-0.39, 0.29) is 11.9 Å². The van der Waals surface area contributed by atoms with Crippen LogP contribution in [0.5, 0.6) is 5.88 Å². The van der Waals surface area contributed by atoms with Crippen LogP contribution in [-0.2, 0) is 16.7 Å². The zero-order valence-electron chi connectivity index (χ0n) is 17.7. The molecule has 0 saturated heterocycles. The minimum atomic E-state index is -0.561. The van der Waals surface area contributed by atoms with Crippen LogP contribution >= 0.6 is 0 Å². The summed E-state index contributed by atoms with van der Waals surface area (Å²) in [6, 6.07) is 5.68. The maximum atomic E-state index is 12.0. The molecule has 0 bridgehead atoms. The Morgan fingerprint density at radius 1 is 1.20 bits per heavy atom. The Bertz CT molecular complexity index is 1120.